The van der Waals surface area contributed by atoms with Gasteiger partial charge < -0.3 is 15.0 Å². The summed E-state index contributed by atoms with van der Waals surface area (Å²) >= 11 is 0. The normalized spacial score (nSPS) is 18.4. The number of fused-ring (bicyclic) bond motifs is 1. The standard InChI is InChI=1S/C30H31FN2O3/c1-20(29(34)32-25-13-7-12-24(31)18-25)36-26-15-14-21-16-17-33(30(35)23-10-5-6-11-23)28(27(21)19-26)22-8-3-2-4-9-22/h2-4,7-9,12-15,18-20,23,28H,5-6,10-11,16-17H2,1H3,(H,32,34). The van der Waals surface area contributed by atoms with Crippen molar-refractivity contribution in [2.24, 2.45) is 5.92 Å². The average Bonchev–Trinajstić information content (AvgIpc) is 3.43. The Labute approximate surface area is 211 Å². The zero-order valence-electron chi connectivity index (χ0n) is 20.5. The van der Waals surface area contributed by atoms with Crippen LogP contribution in [0.1, 0.15) is 55.3 Å². The quantitative estimate of drug-likeness (QED) is 0.472. The zero-order chi connectivity index (χ0) is 25.1. The molecule has 186 valence electrons. The summed E-state index contributed by atoms with van der Waals surface area (Å²) in [7, 11) is 0. The van der Waals surface area contributed by atoms with E-state index in [0.29, 0.717) is 18.0 Å². The van der Waals surface area contributed by atoms with Crippen molar-refractivity contribution in [2.45, 2.75) is 51.2 Å². The molecule has 1 fully saturated rings. The van der Waals surface area contributed by atoms with Gasteiger partial charge in [0.05, 0.1) is 6.04 Å². The first kappa shape index (κ1) is 24.0. The number of benzene rings is 3. The Morgan fingerprint density at radius 2 is 1.78 bits per heavy atom. The fraction of sp³-hybridized carbons (Fsp3) is 0.333. The Bertz CT molecular complexity index is 1240. The van der Waals surface area contributed by atoms with E-state index in [2.05, 4.69) is 17.4 Å². The van der Waals surface area contributed by atoms with Crippen LogP contribution in [0.15, 0.2) is 72.8 Å². The summed E-state index contributed by atoms with van der Waals surface area (Å²) in [6.07, 6.45) is 4.15. The van der Waals surface area contributed by atoms with Crippen molar-refractivity contribution in [2.75, 3.05) is 11.9 Å². The van der Waals surface area contributed by atoms with Gasteiger partial charge in [0.25, 0.3) is 5.91 Å². The number of rotatable bonds is 6. The van der Waals surface area contributed by atoms with Crippen LogP contribution >= 0.6 is 0 Å². The SMILES string of the molecule is CC(Oc1ccc2c(c1)C(c1ccccc1)N(C(=O)C1CCCC1)CC2)C(=O)Nc1cccc(F)c1. The molecule has 5 nitrogen and oxygen atoms in total. The predicted molar refractivity (Wildman–Crippen MR) is 137 cm³/mol. The van der Waals surface area contributed by atoms with Gasteiger partial charge in [-0.3, -0.25) is 9.59 Å². The molecule has 1 aliphatic heterocycles. The number of anilines is 1. The van der Waals surface area contributed by atoms with Gasteiger partial charge in [0, 0.05) is 18.2 Å². The number of amides is 2. The van der Waals surface area contributed by atoms with E-state index >= 15 is 0 Å². The number of carbonyl (C=O) groups is 2. The molecule has 1 N–H and O–H groups in total. The summed E-state index contributed by atoms with van der Waals surface area (Å²) in [6.45, 7) is 2.35. The van der Waals surface area contributed by atoms with Crippen molar-refractivity contribution in [1.82, 2.24) is 4.90 Å². The van der Waals surface area contributed by atoms with Crippen molar-refractivity contribution in [3.8, 4) is 5.75 Å². The summed E-state index contributed by atoms with van der Waals surface area (Å²) in [5.41, 5.74) is 3.67. The van der Waals surface area contributed by atoms with Gasteiger partial charge in [-0.15, -0.1) is 0 Å². The average molecular weight is 487 g/mol. The van der Waals surface area contributed by atoms with Gasteiger partial charge in [-0.05, 0) is 73.2 Å². The second-order valence-corrected chi connectivity index (χ2v) is 9.70. The maximum atomic E-state index is 13.6. The molecule has 6 heteroatoms. The third kappa shape index (κ3) is 5.13. The smallest absolute Gasteiger partial charge is 0.265 e. The molecule has 5 rings (SSSR count). The van der Waals surface area contributed by atoms with Crippen molar-refractivity contribution in [3.05, 3.63) is 95.3 Å². The van der Waals surface area contributed by atoms with Gasteiger partial charge >= 0.3 is 0 Å². The number of nitrogens with zero attached hydrogens (tertiary/aromatic N) is 1. The molecule has 2 atom stereocenters. The molecule has 0 radical (unpaired) electrons. The summed E-state index contributed by atoms with van der Waals surface area (Å²) in [6, 6.07) is 21.6. The zero-order valence-corrected chi connectivity index (χ0v) is 20.5. The largest absolute Gasteiger partial charge is 0.481 e. The van der Waals surface area contributed by atoms with E-state index in [9.17, 15) is 14.0 Å². The highest BCUT2D eigenvalue weighted by molar-refractivity contribution is 5.94. The van der Waals surface area contributed by atoms with Gasteiger partial charge in [0.15, 0.2) is 6.10 Å². The van der Waals surface area contributed by atoms with Crippen LogP contribution in [0.4, 0.5) is 10.1 Å². The lowest BCUT2D eigenvalue weighted by atomic mass is 9.87. The van der Waals surface area contributed by atoms with Crippen LogP contribution in [0, 0.1) is 11.7 Å². The molecular formula is C30H31FN2O3. The lowest BCUT2D eigenvalue weighted by Gasteiger charge is -2.39. The molecule has 36 heavy (non-hydrogen) atoms. The first-order valence-electron chi connectivity index (χ1n) is 12.7. The first-order valence-corrected chi connectivity index (χ1v) is 12.7. The first-order chi connectivity index (χ1) is 17.5. The molecule has 0 aromatic heterocycles. The number of halogens is 1. The number of nitrogens with one attached hydrogen (secondary N) is 1. The summed E-state index contributed by atoms with van der Waals surface area (Å²) in [5, 5.41) is 2.70. The van der Waals surface area contributed by atoms with Crippen LogP contribution in [0.3, 0.4) is 0 Å². The van der Waals surface area contributed by atoms with E-state index in [1.807, 2.05) is 41.3 Å². The highest BCUT2D eigenvalue weighted by Crippen LogP contribution is 2.39. The Morgan fingerprint density at radius 3 is 2.53 bits per heavy atom. The Kier molecular flexibility index (Phi) is 7.03. The van der Waals surface area contributed by atoms with E-state index in [-0.39, 0.29) is 23.8 Å². The molecule has 1 aliphatic carbocycles. The highest BCUT2D eigenvalue weighted by Gasteiger charge is 2.36. The summed E-state index contributed by atoms with van der Waals surface area (Å²) < 4.78 is 19.5. The van der Waals surface area contributed by atoms with Crippen LogP contribution in [0.2, 0.25) is 0 Å². The van der Waals surface area contributed by atoms with Crippen LogP contribution in [0.25, 0.3) is 0 Å². The highest BCUT2D eigenvalue weighted by atomic mass is 19.1. The number of ether oxygens (including phenoxy) is 1. The minimum atomic E-state index is -0.790. The van der Waals surface area contributed by atoms with Crippen LogP contribution in [-0.2, 0) is 16.0 Å². The minimum absolute atomic E-state index is 0.101. The molecule has 0 spiro atoms. The second-order valence-electron chi connectivity index (χ2n) is 9.70. The molecule has 2 aliphatic rings. The Morgan fingerprint density at radius 1 is 1.00 bits per heavy atom. The van der Waals surface area contributed by atoms with Crippen molar-refractivity contribution < 1.29 is 18.7 Å². The maximum Gasteiger partial charge on any atom is 0.265 e. The molecule has 3 aromatic carbocycles. The van der Waals surface area contributed by atoms with E-state index in [1.54, 1.807) is 19.1 Å². The molecule has 2 amide bonds. The summed E-state index contributed by atoms with van der Waals surface area (Å²) in [4.78, 5) is 28.3. The van der Waals surface area contributed by atoms with Gasteiger partial charge in [0.2, 0.25) is 5.91 Å². The lowest BCUT2D eigenvalue weighted by molar-refractivity contribution is -0.137. The van der Waals surface area contributed by atoms with E-state index in [0.717, 1.165) is 43.2 Å². The van der Waals surface area contributed by atoms with Crippen LogP contribution in [0.5, 0.6) is 5.75 Å². The third-order valence-corrected chi connectivity index (χ3v) is 7.22. The molecule has 2 unspecified atom stereocenters. The maximum absolute atomic E-state index is 13.6. The molecule has 3 aromatic rings. The van der Waals surface area contributed by atoms with Crippen molar-refractivity contribution in [1.29, 1.82) is 0 Å². The minimum Gasteiger partial charge on any atom is -0.481 e. The molecule has 1 saturated carbocycles. The van der Waals surface area contributed by atoms with Gasteiger partial charge in [-0.25, -0.2) is 4.39 Å². The number of hydrogen-bond donors (Lipinski definition) is 1. The molecular weight excluding hydrogens is 455 g/mol. The van der Waals surface area contributed by atoms with Crippen LogP contribution in [-0.4, -0.2) is 29.4 Å². The number of hydrogen-bond acceptors (Lipinski definition) is 3. The summed E-state index contributed by atoms with van der Waals surface area (Å²) in [5.74, 6) is 0.118. The predicted octanol–water partition coefficient (Wildman–Crippen LogP) is 5.90. The van der Waals surface area contributed by atoms with E-state index < -0.39 is 11.9 Å². The molecule has 0 bridgehead atoms. The third-order valence-electron chi connectivity index (χ3n) is 7.22. The van der Waals surface area contributed by atoms with Gasteiger partial charge in [-0.2, -0.15) is 0 Å². The fourth-order valence-electron chi connectivity index (χ4n) is 5.37. The monoisotopic (exact) mass is 486 g/mol. The second kappa shape index (κ2) is 10.5. The van der Waals surface area contributed by atoms with E-state index in [1.165, 1.54) is 17.7 Å². The fourth-order valence-corrected chi connectivity index (χ4v) is 5.37. The lowest BCUT2D eigenvalue weighted by Crippen LogP contribution is -2.43. The van der Waals surface area contributed by atoms with Gasteiger partial charge in [0.1, 0.15) is 11.6 Å². The topological polar surface area (TPSA) is 58.6 Å². The van der Waals surface area contributed by atoms with Crippen LogP contribution < -0.4 is 10.1 Å². The Balaban J connectivity index is 1.40. The Hall–Kier alpha value is -3.67. The van der Waals surface area contributed by atoms with Crippen molar-refractivity contribution >= 4 is 17.5 Å². The van der Waals surface area contributed by atoms with Gasteiger partial charge in [-0.1, -0.05) is 55.3 Å². The molecule has 0 saturated heterocycles. The van der Waals surface area contributed by atoms with E-state index in [4.69, 9.17) is 4.74 Å². The number of carbonyl (C=O) groups excluding carboxylic acids is 2. The molecule has 1 heterocycles. The van der Waals surface area contributed by atoms with Crippen molar-refractivity contribution in [3.63, 3.8) is 0 Å².